The van der Waals surface area contributed by atoms with Crippen molar-refractivity contribution in [2.45, 2.75) is 64.3 Å². The highest BCUT2D eigenvalue weighted by Crippen LogP contribution is 2.39. The van der Waals surface area contributed by atoms with Crippen LogP contribution in [-0.4, -0.2) is 35.8 Å². The second-order valence-electron chi connectivity index (χ2n) is 8.18. The molecule has 0 unspecified atom stereocenters. The molecule has 1 aliphatic heterocycles. The number of piperidine rings is 1. The van der Waals surface area contributed by atoms with Crippen LogP contribution in [-0.2, 0) is 17.6 Å². The fourth-order valence-electron chi connectivity index (χ4n) is 5.12. The summed E-state index contributed by atoms with van der Waals surface area (Å²) in [4.78, 5) is 28.3. The van der Waals surface area contributed by atoms with E-state index in [9.17, 15) is 9.59 Å². The minimum Gasteiger partial charge on any atom is -0.365 e. The molecule has 26 heavy (non-hydrogen) atoms. The zero-order valence-corrected chi connectivity index (χ0v) is 16.4. The van der Waals surface area contributed by atoms with Crippen molar-refractivity contribution >= 4 is 28.2 Å². The van der Waals surface area contributed by atoms with E-state index < -0.39 is 5.91 Å². The number of aryl methyl sites for hydroxylation is 1. The van der Waals surface area contributed by atoms with E-state index in [-0.39, 0.29) is 11.9 Å². The van der Waals surface area contributed by atoms with Gasteiger partial charge in [0.1, 0.15) is 5.00 Å². The maximum absolute atomic E-state index is 12.9. The summed E-state index contributed by atoms with van der Waals surface area (Å²) in [5, 5.41) is 3.69. The molecule has 2 amide bonds. The van der Waals surface area contributed by atoms with Crippen molar-refractivity contribution in [1.82, 2.24) is 4.90 Å². The summed E-state index contributed by atoms with van der Waals surface area (Å²) in [6.07, 6.45) is 9.53. The number of anilines is 1. The molecule has 0 spiro atoms. The molecule has 1 saturated heterocycles. The van der Waals surface area contributed by atoms with Crippen LogP contribution in [0.3, 0.4) is 0 Å². The van der Waals surface area contributed by atoms with Crippen LogP contribution < -0.4 is 11.1 Å². The molecule has 2 aliphatic carbocycles. The fraction of sp³-hybridized carbons (Fsp3) is 0.700. The number of fused-ring (bicyclic) bond motifs is 2. The fourth-order valence-corrected chi connectivity index (χ4v) is 6.41. The van der Waals surface area contributed by atoms with Gasteiger partial charge in [-0.05, 0) is 63.0 Å². The molecule has 5 nitrogen and oxygen atoms in total. The van der Waals surface area contributed by atoms with Crippen LogP contribution in [0.1, 0.15) is 66.2 Å². The number of hydrogen-bond donors (Lipinski definition) is 2. The minimum absolute atomic E-state index is 0.0123. The summed E-state index contributed by atoms with van der Waals surface area (Å²) >= 11 is 1.54. The number of nitrogens with two attached hydrogens (primary N) is 1. The van der Waals surface area contributed by atoms with Gasteiger partial charge in [-0.25, -0.2) is 0 Å². The minimum atomic E-state index is -0.421. The van der Waals surface area contributed by atoms with Crippen molar-refractivity contribution in [3.63, 3.8) is 0 Å². The van der Waals surface area contributed by atoms with Crippen LogP contribution in [0.15, 0.2) is 0 Å². The van der Waals surface area contributed by atoms with E-state index in [0.717, 1.165) is 49.8 Å². The SMILES string of the molecule is C[C@H](C(=O)Nc1sc2c(c1C(N)=O)CCC2)N1CC[C@H]2CCCC[C@H]2C1. The molecule has 1 aromatic rings. The Hall–Kier alpha value is -1.40. The average Bonchev–Trinajstić information content (AvgIpc) is 3.20. The van der Waals surface area contributed by atoms with Gasteiger partial charge in [0.15, 0.2) is 0 Å². The van der Waals surface area contributed by atoms with Crippen LogP contribution >= 0.6 is 11.3 Å². The molecule has 3 atom stereocenters. The van der Waals surface area contributed by atoms with Crippen LogP contribution in [0.2, 0.25) is 0 Å². The molecule has 3 N–H and O–H groups in total. The van der Waals surface area contributed by atoms with Gasteiger partial charge in [-0.2, -0.15) is 0 Å². The summed E-state index contributed by atoms with van der Waals surface area (Å²) in [6.45, 7) is 4.02. The van der Waals surface area contributed by atoms with Gasteiger partial charge in [0, 0.05) is 11.4 Å². The number of amides is 2. The Kier molecular flexibility index (Phi) is 5.06. The van der Waals surface area contributed by atoms with E-state index in [4.69, 9.17) is 5.73 Å². The lowest BCUT2D eigenvalue weighted by Crippen LogP contribution is -2.50. The normalized spacial score (nSPS) is 26.8. The summed E-state index contributed by atoms with van der Waals surface area (Å²) in [6, 6.07) is -0.171. The maximum atomic E-state index is 12.9. The van der Waals surface area contributed by atoms with Gasteiger partial charge in [-0.3, -0.25) is 14.5 Å². The number of nitrogens with one attached hydrogen (secondary N) is 1. The number of carbonyl (C=O) groups excluding carboxylic acids is 2. The average molecular weight is 376 g/mol. The van der Waals surface area contributed by atoms with Crippen molar-refractivity contribution in [3.8, 4) is 0 Å². The predicted molar refractivity (Wildman–Crippen MR) is 105 cm³/mol. The first-order valence-corrected chi connectivity index (χ1v) is 10.9. The monoisotopic (exact) mass is 375 g/mol. The van der Waals surface area contributed by atoms with Gasteiger partial charge in [0.05, 0.1) is 11.6 Å². The molecule has 2 fully saturated rings. The van der Waals surface area contributed by atoms with E-state index in [1.807, 2.05) is 6.92 Å². The number of carbonyl (C=O) groups is 2. The van der Waals surface area contributed by atoms with Crippen molar-refractivity contribution in [2.24, 2.45) is 17.6 Å². The highest BCUT2D eigenvalue weighted by atomic mass is 32.1. The third-order valence-electron chi connectivity index (χ3n) is 6.65. The standard InChI is InChI=1S/C20H29N3O2S/c1-12(23-10-9-13-5-2-3-6-14(13)11-23)19(25)22-20-17(18(21)24)15-7-4-8-16(15)26-20/h12-14H,2-11H2,1H3,(H2,21,24)(H,22,25)/t12-,13-,14+/m1/s1. The molecule has 2 heterocycles. The summed E-state index contributed by atoms with van der Waals surface area (Å²) in [5.74, 6) is 1.17. The zero-order chi connectivity index (χ0) is 18.3. The van der Waals surface area contributed by atoms with Gasteiger partial charge in [0.2, 0.25) is 5.91 Å². The van der Waals surface area contributed by atoms with E-state index in [0.29, 0.717) is 10.6 Å². The lowest BCUT2D eigenvalue weighted by atomic mass is 9.75. The Morgan fingerprint density at radius 3 is 2.69 bits per heavy atom. The highest BCUT2D eigenvalue weighted by Gasteiger charge is 2.35. The zero-order valence-electron chi connectivity index (χ0n) is 15.6. The van der Waals surface area contributed by atoms with E-state index in [2.05, 4.69) is 10.2 Å². The highest BCUT2D eigenvalue weighted by molar-refractivity contribution is 7.17. The van der Waals surface area contributed by atoms with Crippen LogP contribution in [0, 0.1) is 11.8 Å². The Morgan fingerprint density at radius 1 is 1.15 bits per heavy atom. The van der Waals surface area contributed by atoms with Gasteiger partial charge < -0.3 is 11.1 Å². The third kappa shape index (κ3) is 3.29. The summed E-state index contributed by atoms with van der Waals surface area (Å²) in [5.41, 5.74) is 7.22. The maximum Gasteiger partial charge on any atom is 0.251 e. The topological polar surface area (TPSA) is 75.4 Å². The molecular formula is C20H29N3O2S. The first-order valence-electron chi connectivity index (χ1n) is 10.0. The Morgan fingerprint density at radius 2 is 1.92 bits per heavy atom. The smallest absolute Gasteiger partial charge is 0.251 e. The molecule has 0 aromatic carbocycles. The number of thiophene rings is 1. The van der Waals surface area contributed by atoms with Crippen molar-refractivity contribution < 1.29 is 9.59 Å². The van der Waals surface area contributed by atoms with Crippen LogP contribution in [0.5, 0.6) is 0 Å². The largest absolute Gasteiger partial charge is 0.365 e. The summed E-state index contributed by atoms with van der Waals surface area (Å²) < 4.78 is 0. The Balaban J connectivity index is 1.44. The lowest BCUT2D eigenvalue weighted by Gasteiger charge is -2.43. The first-order chi connectivity index (χ1) is 12.5. The summed E-state index contributed by atoms with van der Waals surface area (Å²) in [7, 11) is 0. The number of rotatable bonds is 4. The van der Waals surface area contributed by atoms with Crippen molar-refractivity contribution in [1.29, 1.82) is 0 Å². The molecule has 1 saturated carbocycles. The van der Waals surface area contributed by atoms with Crippen molar-refractivity contribution in [2.75, 3.05) is 18.4 Å². The van der Waals surface area contributed by atoms with Crippen LogP contribution in [0.25, 0.3) is 0 Å². The molecular weight excluding hydrogens is 346 g/mol. The van der Waals surface area contributed by atoms with Gasteiger partial charge in [0.25, 0.3) is 5.91 Å². The van der Waals surface area contributed by atoms with Gasteiger partial charge in [-0.1, -0.05) is 19.3 Å². The number of hydrogen-bond acceptors (Lipinski definition) is 4. The quantitative estimate of drug-likeness (QED) is 0.849. The lowest BCUT2D eigenvalue weighted by molar-refractivity contribution is -0.121. The third-order valence-corrected chi connectivity index (χ3v) is 7.86. The van der Waals surface area contributed by atoms with Crippen molar-refractivity contribution in [3.05, 3.63) is 16.0 Å². The molecule has 0 radical (unpaired) electrons. The van der Waals surface area contributed by atoms with E-state index in [1.165, 1.54) is 48.3 Å². The van der Waals surface area contributed by atoms with Gasteiger partial charge >= 0.3 is 0 Å². The van der Waals surface area contributed by atoms with Crippen LogP contribution in [0.4, 0.5) is 5.00 Å². The van der Waals surface area contributed by atoms with E-state index in [1.54, 1.807) is 0 Å². The first kappa shape index (κ1) is 18.0. The second kappa shape index (κ2) is 7.31. The Labute approximate surface area is 159 Å². The predicted octanol–water partition coefficient (Wildman–Crippen LogP) is 3.17. The molecule has 1 aromatic heterocycles. The number of nitrogens with zero attached hydrogens (tertiary/aromatic N) is 1. The number of likely N-dealkylation sites (tertiary alicyclic amines) is 1. The number of primary amides is 1. The Bertz CT molecular complexity index is 714. The molecule has 142 valence electrons. The van der Waals surface area contributed by atoms with Gasteiger partial charge in [-0.15, -0.1) is 11.3 Å². The molecule has 3 aliphatic rings. The molecule has 6 heteroatoms. The second-order valence-corrected chi connectivity index (χ2v) is 9.28. The molecule has 4 rings (SSSR count). The van der Waals surface area contributed by atoms with E-state index >= 15 is 0 Å². The molecule has 0 bridgehead atoms.